The molecule has 4 heterocycles. The molecule has 0 aliphatic carbocycles. The Morgan fingerprint density at radius 1 is 1.12 bits per heavy atom. The number of rotatable bonds is 4. The number of benzene rings is 2. The predicted molar refractivity (Wildman–Crippen MR) is 123 cm³/mol. The zero-order valence-corrected chi connectivity index (χ0v) is 19.2. The Hall–Kier alpha value is -3.85. The molecule has 0 amide bonds. The van der Waals surface area contributed by atoms with Crippen LogP contribution in [0.3, 0.4) is 0 Å². The van der Waals surface area contributed by atoms with Crippen LogP contribution in [-0.4, -0.2) is 34.7 Å². The fourth-order valence-electron chi connectivity index (χ4n) is 4.20. The molecule has 0 saturated carbocycles. The van der Waals surface area contributed by atoms with Crippen molar-refractivity contribution >= 4 is 11.6 Å². The van der Waals surface area contributed by atoms with Gasteiger partial charge in [0.2, 0.25) is 0 Å². The normalized spacial score (nSPS) is 12.4. The molecule has 0 saturated heterocycles. The van der Waals surface area contributed by atoms with Crippen LogP contribution >= 0.6 is 11.6 Å². The largest absolute Gasteiger partial charge is 0.332 e. The van der Waals surface area contributed by atoms with Crippen molar-refractivity contribution in [1.82, 2.24) is 34.7 Å². The lowest BCUT2D eigenvalue weighted by Crippen LogP contribution is -2.04. The zero-order valence-electron chi connectivity index (χ0n) is 18.4. The first-order chi connectivity index (χ1) is 16.5. The average molecular weight is 476 g/mol. The lowest BCUT2D eigenvalue weighted by atomic mass is 10.1. The van der Waals surface area contributed by atoms with Gasteiger partial charge >= 0.3 is 0 Å². The van der Waals surface area contributed by atoms with E-state index in [0.29, 0.717) is 35.3 Å². The van der Waals surface area contributed by atoms with Gasteiger partial charge in [0, 0.05) is 23.8 Å². The summed E-state index contributed by atoms with van der Waals surface area (Å²) in [4.78, 5) is 9.17. The number of halogens is 2. The maximum Gasteiger partial charge on any atom is 0.278 e. The summed E-state index contributed by atoms with van der Waals surface area (Å²) in [6.07, 6.45) is 2.63. The molecule has 5 aromatic rings. The molecule has 2 aromatic carbocycles. The van der Waals surface area contributed by atoms with E-state index in [-0.39, 0.29) is 11.7 Å². The van der Waals surface area contributed by atoms with Gasteiger partial charge in [-0.25, -0.2) is 14.1 Å². The van der Waals surface area contributed by atoms with Crippen LogP contribution in [0, 0.1) is 5.82 Å². The Morgan fingerprint density at radius 2 is 2.00 bits per heavy atom. The average Bonchev–Trinajstić information content (AvgIpc) is 3.52. The minimum absolute atomic E-state index is 0.130. The highest BCUT2D eigenvalue weighted by Gasteiger charge is 2.29. The second-order valence-electron chi connectivity index (χ2n) is 8.53. The highest BCUT2D eigenvalue weighted by Crippen LogP contribution is 2.35. The smallest absolute Gasteiger partial charge is 0.278 e. The molecule has 0 fully saturated rings. The van der Waals surface area contributed by atoms with Gasteiger partial charge in [0.15, 0.2) is 11.5 Å². The van der Waals surface area contributed by atoms with Crippen molar-refractivity contribution in [2.75, 3.05) is 0 Å². The highest BCUT2D eigenvalue weighted by atomic mass is 35.5. The first-order valence-electron chi connectivity index (χ1n) is 10.9. The molecule has 0 bridgehead atoms. The Balaban J connectivity index is 1.53. The van der Waals surface area contributed by atoms with E-state index in [2.05, 4.69) is 25.4 Å². The monoisotopic (exact) mass is 475 g/mol. The molecule has 6 rings (SSSR count). The van der Waals surface area contributed by atoms with E-state index in [9.17, 15) is 4.39 Å². The lowest BCUT2D eigenvalue weighted by molar-refractivity contribution is 0.418. The summed E-state index contributed by atoms with van der Waals surface area (Å²) >= 11 is 6.35. The Morgan fingerprint density at radius 3 is 2.79 bits per heavy atom. The van der Waals surface area contributed by atoms with Gasteiger partial charge in [-0.1, -0.05) is 48.0 Å². The molecule has 3 aromatic heterocycles. The molecular weight excluding hydrogens is 457 g/mol. The summed E-state index contributed by atoms with van der Waals surface area (Å²) in [5, 5.41) is 13.6. The van der Waals surface area contributed by atoms with Crippen LogP contribution in [0.2, 0.25) is 5.02 Å². The number of nitrogens with zero attached hydrogens (tertiary/aromatic N) is 7. The molecule has 1 aliphatic rings. The molecule has 1 aliphatic heterocycles. The second kappa shape index (κ2) is 7.88. The van der Waals surface area contributed by atoms with E-state index in [1.807, 2.05) is 42.7 Å². The fraction of sp³-hybridized carbons (Fsp3) is 0.208. The van der Waals surface area contributed by atoms with Crippen LogP contribution in [0.15, 0.2) is 53.3 Å². The summed E-state index contributed by atoms with van der Waals surface area (Å²) in [5.74, 6) is 0.826. The summed E-state index contributed by atoms with van der Waals surface area (Å²) in [6, 6.07) is 12.1. The third kappa shape index (κ3) is 3.40. The molecule has 8 nitrogen and oxygen atoms in total. The van der Waals surface area contributed by atoms with Crippen LogP contribution in [0.25, 0.3) is 23.0 Å². The third-order valence-electron chi connectivity index (χ3n) is 5.89. The van der Waals surface area contributed by atoms with Gasteiger partial charge in [0.25, 0.3) is 5.89 Å². The van der Waals surface area contributed by atoms with Crippen LogP contribution in [-0.2, 0) is 12.8 Å². The number of aromatic nitrogens is 7. The summed E-state index contributed by atoms with van der Waals surface area (Å²) in [5.41, 5.74) is 5.50. The molecular formula is C24H19ClFN7O. The predicted octanol–water partition coefficient (Wildman–Crippen LogP) is 4.91. The van der Waals surface area contributed by atoms with Gasteiger partial charge in [0.1, 0.15) is 12.1 Å². The van der Waals surface area contributed by atoms with E-state index in [1.54, 1.807) is 17.1 Å². The highest BCUT2D eigenvalue weighted by molar-refractivity contribution is 6.30. The van der Waals surface area contributed by atoms with Gasteiger partial charge in [-0.2, -0.15) is 4.98 Å². The van der Waals surface area contributed by atoms with Crippen LogP contribution in [0.1, 0.15) is 48.2 Å². The number of fused-ring (bicyclic) bond motifs is 5. The Kier molecular flexibility index (Phi) is 4.80. The van der Waals surface area contributed by atoms with E-state index >= 15 is 0 Å². The molecule has 0 N–H and O–H groups in total. The zero-order chi connectivity index (χ0) is 23.4. The van der Waals surface area contributed by atoms with Gasteiger partial charge in [0.05, 0.1) is 28.5 Å². The van der Waals surface area contributed by atoms with Gasteiger partial charge in [-0.3, -0.25) is 4.57 Å². The maximum absolute atomic E-state index is 13.8. The summed E-state index contributed by atoms with van der Waals surface area (Å²) in [6.45, 7) is 4.01. The molecule has 0 unspecified atom stereocenters. The molecule has 0 atom stereocenters. The van der Waals surface area contributed by atoms with Gasteiger partial charge in [-0.15, -0.1) is 5.10 Å². The maximum atomic E-state index is 13.8. The molecule has 0 radical (unpaired) electrons. The molecule has 170 valence electrons. The van der Waals surface area contributed by atoms with Crippen molar-refractivity contribution in [3.8, 4) is 23.0 Å². The van der Waals surface area contributed by atoms with Crippen molar-refractivity contribution < 1.29 is 8.91 Å². The summed E-state index contributed by atoms with van der Waals surface area (Å²) < 4.78 is 23.1. The van der Waals surface area contributed by atoms with Gasteiger partial charge in [-0.05, 0) is 35.9 Å². The molecule has 10 heteroatoms. The van der Waals surface area contributed by atoms with Crippen molar-refractivity contribution in [3.63, 3.8) is 0 Å². The standard InChI is InChI=1S/C24H19ClFN7O/c1-13(2)23-28-24(34-30-23)22-21-11-19-17(9-14-4-3-5-16(26)8-14)29-31-33(19)20-10-15(25)6-7-18(20)32(21)12-27-22/h3-8,10,12-13H,9,11H2,1-2H3. The SMILES string of the molecule is CC(C)c1noc(-c2ncn3c2Cc2c(Cc4cccc(F)c4)nnn2-c2cc(Cl)ccc2-3)n1. The first-order valence-corrected chi connectivity index (χ1v) is 11.2. The van der Waals surface area contributed by atoms with Gasteiger partial charge < -0.3 is 4.52 Å². The van der Waals surface area contributed by atoms with E-state index in [0.717, 1.165) is 34.0 Å². The van der Waals surface area contributed by atoms with E-state index in [4.69, 9.17) is 16.1 Å². The van der Waals surface area contributed by atoms with Crippen LogP contribution in [0.5, 0.6) is 0 Å². The van der Waals surface area contributed by atoms with E-state index in [1.165, 1.54) is 12.1 Å². The van der Waals surface area contributed by atoms with E-state index < -0.39 is 0 Å². The number of imidazole rings is 1. The van der Waals surface area contributed by atoms with Crippen LogP contribution in [0.4, 0.5) is 4.39 Å². The topological polar surface area (TPSA) is 87.5 Å². The lowest BCUT2D eigenvalue weighted by Gasteiger charge is -2.09. The van der Waals surface area contributed by atoms with Crippen molar-refractivity contribution in [3.05, 3.63) is 88.1 Å². The quantitative estimate of drug-likeness (QED) is 0.360. The summed E-state index contributed by atoms with van der Waals surface area (Å²) in [7, 11) is 0. The molecule has 34 heavy (non-hydrogen) atoms. The Bertz CT molecular complexity index is 1530. The third-order valence-corrected chi connectivity index (χ3v) is 6.13. The number of hydrogen-bond acceptors (Lipinski definition) is 6. The van der Waals surface area contributed by atoms with Crippen molar-refractivity contribution in [2.45, 2.75) is 32.6 Å². The van der Waals surface area contributed by atoms with Crippen molar-refractivity contribution in [1.29, 1.82) is 0 Å². The Labute approximate surface area is 199 Å². The fourth-order valence-corrected chi connectivity index (χ4v) is 4.37. The minimum atomic E-state index is -0.286. The first kappa shape index (κ1) is 20.7. The van der Waals surface area contributed by atoms with Crippen molar-refractivity contribution in [2.24, 2.45) is 0 Å². The van der Waals surface area contributed by atoms with Crippen LogP contribution < -0.4 is 0 Å². The minimum Gasteiger partial charge on any atom is -0.332 e. The number of hydrogen-bond donors (Lipinski definition) is 0. The molecule has 0 spiro atoms. The second-order valence-corrected chi connectivity index (χ2v) is 8.97.